The Morgan fingerprint density at radius 2 is 2.29 bits per heavy atom. The van der Waals surface area contributed by atoms with Gasteiger partial charge in [-0.3, -0.25) is 14.9 Å². The highest BCUT2D eigenvalue weighted by atomic mass is 16.6. The summed E-state index contributed by atoms with van der Waals surface area (Å²) in [6.07, 6.45) is 2.02. The van der Waals surface area contributed by atoms with E-state index in [0.29, 0.717) is 12.5 Å². The van der Waals surface area contributed by atoms with E-state index in [9.17, 15) is 14.9 Å². The second kappa shape index (κ2) is 7.77. The molecule has 1 atom stereocenters. The SMILES string of the molecule is CC(C)C(=O)NC[C@@H]1CCCN(c2ccc([N+](=O)[O-])c(C#N)c2)C1. The maximum Gasteiger partial charge on any atom is 0.287 e. The fraction of sp³-hybridized carbons (Fsp3) is 0.529. The van der Waals surface area contributed by atoms with E-state index in [1.54, 1.807) is 12.1 Å². The average molecular weight is 330 g/mol. The summed E-state index contributed by atoms with van der Waals surface area (Å²) in [7, 11) is 0. The standard InChI is InChI=1S/C17H22N4O3/c1-12(2)17(22)19-10-13-4-3-7-20(11-13)15-5-6-16(21(23)24)14(8-15)9-18/h5-6,8,12-13H,3-4,7,10-11H2,1-2H3,(H,19,22)/t13-/m0/s1. The van der Waals surface area contributed by atoms with Crippen LogP contribution in [0.15, 0.2) is 18.2 Å². The third-order valence-corrected chi connectivity index (χ3v) is 4.27. The first-order valence-electron chi connectivity index (χ1n) is 8.13. The number of nitro groups is 1. The Labute approximate surface area is 141 Å². The molecule has 1 aliphatic heterocycles. The van der Waals surface area contributed by atoms with Gasteiger partial charge in [0.1, 0.15) is 11.6 Å². The zero-order valence-electron chi connectivity index (χ0n) is 14.0. The number of carbonyl (C=O) groups excluding carboxylic acids is 1. The molecule has 0 spiro atoms. The number of nitriles is 1. The number of anilines is 1. The van der Waals surface area contributed by atoms with Crippen LogP contribution in [0.2, 0.25) is 0 Å². The van der Waals surface area contributed by atoms with E-state index in [2.05, 4.69) is 10.2 Å². The quantitative estimate of drug-likeness (QED) is 0.660. The zero-order valence-corrected chi connectivity index (χ0v) is 14.0. The Morgan fingerprint density at radius 1 is 1.54 bits per heavy atom. The van der Waals surface area contributed by atoms with E-state index in [-0.39, 0.29) is 23.1 Å². The van der Waals surface area contributed by atoms with Crippen LogP contribution < -0.4 is 10.2 Å². The summed E-state index contributed by atoms with van der Waals surface area (Å²) < 4.78 is 0. The van der Waals surface area contributed by atoms with Crippen molar-refractivity contribution >= 4 is 17.3 Å². The molecule has 1 amide bonds. The van der Waals surface area contributed by atoms with E-state index in [1.165, 1.54) is 6.07 Å². The Kier molecular flexibility index (Phi) is 5.74. The third kappa shape index (κ3) is 4.22. The van der Waals surface area contributed by atoms with Crippen molar-refractivity contribution in [3.05, 3.63) is 33.9 Å². The molecule has 1 N–H and O–H groups in total. The van der Waals surface area contributed by atoms with Crippen molar-refractivity contribution < 1.29 is 9.72 Å². The molecule has 1 aromatic carbocycles. The van der Waals surface area contributed by atoms with Gasteiger partial charge in [-0.1, -0.05) is 13.8 Å². The molecule has 0 saturated carbocycles. The fourth-order valence-corrected chi connectivity index (χ4v) is 2.88. The van der Waals surface area contributed by atoms with E-state index < -0.39 is 4.92 Å². The number of rotatable bonds is 5. The molecule has 24 heavy (non-hydrogen) atoms. The second-order valence-electron chi connectivity index (χ2n) is 6.42. The summed E-state index contributed by atoms with van der Waals surface area (Å²) in [5, 5.41) is 23.0. The Bertz CT molecular complexity index is 666. The number of nitrogens with zero attached hydrogens (tertiary/aromatic N) is 3. The van der Waals surface area contributed by atoms with Crippen molar-refractivity contribution in [1.82, 2.24) is 5.32 Å². The van der Waals surface area contributed by atoms with Crippen LogP contribution >= 0.6 is 0 Å². The topological polar surface area (TPSA) is 99.3 Å². The van der Waals surface area contributed by atoms with E-state index in [4.69, 9.17) is 5.26 Å². The lowest BCUT2D eigenvalue weighted by atomic mass is 9.97. The number of piperidine rings is 1. The van der Waals surface area contributed by atoms with Crippen LogP contribution in [0.5, 0.6) is 0 Å². The molecule has 0 aliphatic carbocycles. The summed E-state index contributed by atoms with van der Waals surface area (Å²) in [6.45, 7) is 5.97. The molecule has 7 nitrogen and oxygen atoms in total. The van der Waals surface area contributed by atoms with Gasteiger partial charge in [-0.05, 0) is 30.9 Å². The summed E-state index contributed by atoms with van der Waals surface area (Å²) in [5.74, 6) is 0.356. The van der Waals surface area contributed by atoms with Crippen LogP contribution in [0.3, 0.4) is 0 Å². The van der Waals surface area contributed by atoms with Gasteiger partial charge >= 0.3 is 0 Å². The predicted molar refractivity (Wildman–Crippen MR) is 90.6 cm³/mol. The molecule has 7 heteroatoms. The van der Waals surface area contributed by atoms with Gasteiger partial charge in [-0.25, -0.2) is 0 Å². The van der Waals surface area contributed by atoms with Gasteiger partial charge < -0.3 is 10.2 Å². The number of nitro benzene ring substituents is 1. The molecular formula is C17H22N4O3. The summed E-state index contributed by atoms with van der Waals surface area (Å²) >= 11 is 0. The normalized spacial score (nSPS) is 17.4. The molecule has 0 radical (unpaired) electrons. The molecule has 0 bridgehead atoms. The first-order chi connectivity index (χ1) is 11.4. The molecule has 2 rings (SSSR count). The van der Waals surface area contributed by atoms with Crippen molar-refractivity contribution in [3.8, 4) is 6.07 Å². The van der Waals surface area contributed by atoms with E-state index in [0.717, 1.165) is 31.6 Å². The van der Waals surface area contributed by atoms with Gasteiger partial charge in [0.25, 0.3) is 5.69 Å². The summed E-state index contributed by atoms with van der Waals surface area (Å²) in [6, 6.07) is 6.55. The predicted octanol–water partition coefficient (Wildman–Crippen LogP) is 2.46. The monoisotopic (exact) mass is 330 g/mol. The van der Waals surface area contributed by atoms with Crippen molar-refractivity contribution in [2.45, 2.75) is 26.7 Å². The van der Waals surface area contributed by atoms with Crippen LogP contribution in [-0.4, -0.2) is 30.5 Å². The molecule has 0 aromatic heterocycles. The maximum absolute atomic E-state index is 11.7. The lowest BCUT2D eigenvalue weighted by Gasteiger charge is -2.34. The smallest absolute Gasteiger partial charge is 0.287 e. The number of nitrogens with one attached hydrogen (secondary N) is 1. The highest BCUT2D eigenvalue weighted by Gasteiger charge is 2.23. The fourth-order valence-electron chi connectivity index (χ4n) is 2.88. The molecule has 1 fully saturated rings. The molecule has 1 saturated heterocycles. The lowest BCUT2D eigenvalue weighted by Crippen LogP contribution is -2.41. The highest BCUT2D eigenvalue weighted by molar-refractivity contribution is 5.77. The van der Waals surface area contributed by atoms with Crippen LogP contribution in [0.4, 0.5) is 11.4 Å². The zero-order chi connectivity index (χ0) is 17.7. The molecule has 1 aliphatic rings. The Morgan fingerprint density at radius 3 is 2.92 bits per heavy atom. The first kappa shape index (κ1) is 17.7. The largest absolute Gasteiger partial charge is 0.371 e. The van der Waals surface area contributed by atoms with Gasteiger partial charge in [0.2, 0.25) is 5.91 Å². The van der Waals surface area contributed by atoms with Gasteiger partial charge in [-0.15, -0.1) is 0 Å². The van der Waals surface area contributed by atoms with Gasteiger partial charge in [0, 0.05) is 37.3 Å². The molecule has 0 unspecified atom stereocenters. The second-order valence-corrected chi connectivity index (χ2v) is 6.42. The summed E-state index contributed by atoms with van der Waals surface area (Å²) in [5.41, 5.74) is 0.726. The average Bonchev–Trinajstić information content (AvgIpc) is 2.59. The number of carbonyl (C=O) groups is 1. The minimum absolute atomic E-state index is 0.0300. The third-order valence-electron chi connectivity index (χ3n) is 4.27. The number of amides is 1. The van der Waals surface area contributed by atoms with Crippen molar-refractivity contribution in [3.63, 3.8) is 0 Å². The minimum atomic E-state index is -0.539. The molecule has 128 valence electrons. The van der Waals surface area contributed by atoms with Crippen molar-refractivity contribution in [1.29, 1.82) is 5.26 Å². The van der Waals surface area contributed by atoms with E-state index >= 15 is 0 Å². The molecule has 1 heterocycles. The number of hydrogen-bond donors (Lipinski definition) is 1. The number of benzene rings is 1. The first-order valence-corrected chi connectivity index (χ1v) is 8.13. The van der Waals surface area contributed by atoms with Crippen molar-refractivity contribution in [2.75, 3.05) is 24.5 Å². The Balaban J connectivity index is 2.05. The van der Waals surface area contributed by atoms with Gasteiger partial charge in [-0.2, -0.15) is 5.26 Å². The summed E-state index contributed by atoms with van der Waals surface area (Å²) in [4.78, 5) is 24.2. The van der Waals surface area contributed by atoms with E-state index in [1.807, 2.05) is 19.9 Å². The van der Waals surface area contributed by atoms with Crippen LogP contribution in [-0.2, 0) is 4.79 Å². The molecule has 1 aromatic rings. The lowest BCUT2D eigenvalue weighted by molar-refractivity contribution is -0.385. The van der Waals surface area contributed by atoms with Gasteiger partial charge in [0.05, 0.1) is 4.92 Å². The number of hydrogen-bond acceptors (Lipinski definition) is 5. The van der Waals surface area contributed by atoms with Crippen LogP contribution in [0.1, 0.15) is 32.3 Å². The minimum Gasteiger partial charge on any atom is -0.371 e. The molecular weight excluding hydrogens is 308 g/mol. The maximum atomic E-state index is 11.7. The Hall–Kier alpha value is -2.62. The van der Waals surface area contributed by atoms with Gasteiger partial charge in [0.15, 0.2) is 0 Å². The highest BCUT2D eigenvalue weighted by Crippen LogP contribution is 2.27. The van der Waals surface area contributed by atoms with Crippen LogP contribution in [0.25, 0.3) is 0 Å². The van der Waals surface area contributed by atoms with Crippen LogP contribution in [0, 0.1) is 33.3 Å². The van der Waals surface area contributed by atoms with Crippen molar-refractivity contribution in [2.24, 2.45) is 11.8 Å².